The number of benzene rings is 1. The largest absolute Gasteiger partial charge is 0.368 e. The molecule has 0 N–H and O–H groups in total. The molecule has 0 atom stereocenters. The van der Waals surface area contributed by atoms with Gasteiger partial charge in [0.25, 0.3) is 0 Å². The highest BCUT2D eigenvalue weighted by atomic mass is 16.2. The zero-order valence-corrected chi connectivity index (χ0v) is 12.0. The zero-order chi connectivity index (χ0) is 14.3. The van der Waals surface area contributed by atoms with Crippen LogP contribution in [0.5, 0.6) is 0 Å². The van der Waals surface area contributed by atoms with E-state index in [4.69, 9.17) is 0 Å². The third-order valence-corrected chi connectivity index (χ3v) is 4.33. The molecule has 1 heterocycles. The Labute approximate surface area is 118 Å². The van der Waals surface area contributed by atoms with E-state index in [0.29, 0.717) is 17.2 Å². The quantitative estimate of drug-likeness (QED) is 0.786. The van der Waals surface area contributed by atoms with Crippen molar-refractivity contribution in [1.82, 2.24) is 0 Å². The summed E-state index contributed by atoms with van der Waals surface area (Å²) in [6.45, 7) is 6.01. The summed E-state index contributed by atoms with van der Waals surface area (Å²) in [6.07, 6.45) is 2.18. The average molecular weight is 269 g/mol. The van der Waals surface area contributed by atoms with Crippen molar-refractivity contribution in [3.05, 3.63) is 50.3 Å². The molecular weight excluding hydrogens is 250 g/mol. The number of hydrogen-bond donors (Lipinski definition) is 0. The summed E-state index contributed by atoms with van der Waals surface area (Å²) in [4.78, 5) is 26.0. The van der Waals surface area contributed by atoms with Crippen LogP contribution in [-0.4, -0.2) is 13.1 Å². The van der Waals surface area contributed by atoms with Gasteiger partial charge in [-0.25, -0.2) is 0 Å². The van der Waals surface area contributed by atoms with Gasteiger partial charge in [0.2, 0.25) is 10.9 Å². The van der Waals surface area contributed by atoms with Crippen LogP contribution in [0.1, 0.15) is 25.3 Å². The molecule has 0 bridgehead atoms. The van der Waals surface area contributed by atoms with E-state index in [1.165, 1.54) is 0 Å². The van der Waals surface area contributed by atoms with Crippen LogP contribution in [0.25, 0.3) is 11.1 Å². The van der Waals surface area contributed by atoms with Crippen LogP contribution >= 0.6 is 0 Å². The molecule has 2 aromatic rings. The van der Waals surface area contributed by atoms with Crippen molar-refractivity contribution < 1.29 is 0 Å². The molecule has 3 rings (SSSR count). The molecule has 20 heavy (non-hydrogen) atoms. The Kier molecular flexibility index (Phi) is 3.20. The van der Waals surface area contributed by atoms with Gasteiger partial charge in [-0.1, -0.05) is 36.8 Å². The van der Waals surface area contributed by atoms with Crippen LogP contribution in [-0.2, 0) is 0 Å². The minimum atomic E-state index is -0.331. The Morgan fingerprint density at radius 3 is 2.20 bits per heavy atom. The van der Waals surface area contributed by atoms with Gasteiger partial charge in [-0.2, -0.15) is 0 Å². The van der Waals surface area contributed by atoms with E-state index in [2.05, 4.69) is 11.8 Å². The van der Waals surface area contributed by atoms with Crippen LogP contribution in [0.4, 0.5) is 5.69 Å². The summed E-state index contributed by atoms with van der Waals surface area (Å²) < 4.78 is 0. The number of piperidine rings is 1. The van der Waals surface area contributed by atoms with E-state index in [0.717, 1.165) is 37.1 Å². The molecule has 0 saturated carbocycles. The fraction of sp³-hybridized carbons (Fsp3) is 0.412. The summed E-state index contributed by atoms with van der Waals surface area (Å²) in [5.41, 5.74) is 2.64. The maximum Gasteiger partial charge on any atom is 0.250 e. The van der Waals surface area contributed by atoms with Crippen molar-refractivity contribution in [1.29, 1.82) is 0 Å². The number of nitrogens with zero attached hydrogens (tertiary/aromatic N) is 1. The van der Waals surface area contributed by atoms with E-state index in [1.807, 2.05) is 31.2 Å². The van der Waals surface area contributed by atoms with Crippen LogP contribution in [0, 0.1) is 12.8 Å². The van der Waals surface area contributed by atoms with E-state index in [-0.39, 0.29) is 10.9 Å². The number of rotatable bonds is 2. The Bertz CT molecular complexity index is 685. The summed E-state index contributed by atoms with van der Waals surface area (Å²) in [7, 11) is 0. The fourth-order valence-electron chi connectivity index (χ4n) is 2.90. The molecule has 1 aliphatic heterocycles. The normalized spacial score (nSPS) is 16.8. The van der Waals surface area contributed by atoms with Crippen molar-refractivity contribution >= 4 is 5.69 Å². The Hall–Kier alpha value is -1.90. The molecule has 0 unspecified atom stereocenters. The first-order valence-corrected chi connectivity index (χ1v) is 7.23. The molecule has 0 aromatic heterocycles. The average Bonchev–Trinajstić information content (AvgIpc) is 2.46. The smallest absolute Gasteiger partial charge is 0.250 e. The van der Waals surface area contributed by atoms with Gasteiger partial charge in [0.1, 0.15) is 5.69 Å². The van der Waals surface area contributed by atoms with Crippen molar-refractivity contribution in [2.24, 2.45) is 5.92 Å². The SMILES string of the molecule is Cc1ccc(-c2c(N3CCC(C)CC3)c(=O)c2=O)cc1. The van der Waals surface area contributed by atoms with Gasteiger partial charge in [-0.15, -0.1) is 0 Å². The lowest BCUT2D eigenvalue weighted by Crippen LogP contribution is -2.45. The van der Waals surface area contributed by atoms with Crippen LogP contribution in [0.3, 0.4) is 0 Å². The lowest BCUT2D eigenvalue weighted by Gasteiger charge is -2.33. The maximum absolute atomic E-state index is 11.9. The molecule has 3 heteroatoms. The van der Waals surface area contributed by atoms with E-state index < -0.39 is 0 Å². The standard InChI is InChI=1S/C17H19NO2/c1-11-3-5-13(6-4-11)14-15(17(20)16(14)19)18-9-7-12(2)8-10-18/h3-6,12H,7-10H2,1-2H3. The van der Waals surface area contributed by atoms with Crippen molar-refractivity contribution in [2.45, 2.75) is 26.7 Å². The van der Waals surface area contributed by atoms with Crippen LogP contribution in [0.2, 0.25) is 0 Å². The van der Waals surface area contributed by atoms with Crippen molar-refractivity contribution in [3.63, 3.8) is 0 Å². The highest BCUT2D eigenvalue weighted by Gasteiger charge is 2.28. The Morgan fingerprint density at radius 1 is 1.00 bits per heavy atom. The monoisotopic (exact) mass is 269 g/mol. The Morgan fingerprint density at radius 2 is 1.60 bits per heavy atom. The predicted octanol–water partition coefficient (Wildman–Crippen LogP) is 2.49. The number of hydrogen-bond acceptors (Lipinski definition) is 3. The highest BCUT2D eigenvalue weighted by Crippen LogP contribution is 2.29. The molecule has 1 aliphatic rings. The topological polar surface area (TPSA) is 37.4 Å². The van der Waals surface area contributed by atoms with Gasteiger partial charge in [-0.3, -0.25) is 9.59 Å². The van der Waals surface area contributed by atoms with E-state index >= 15 is 0 Å². The first-order valence-electron chi connectivity index (χ1n) is 7.23. The third kappa shape index (κ3) is 2.07. The van der Waals surface area contributed by atoms with E-state index in [1.54, 1.807) is 0 Å². The first-order chi connectivity index (χ1) is 9.58. The minimum absolute atomic E-state index is 0.310. The van der Waals surface area contributed by atoms with Gasteiger partial charge in [0.15, 0.2) is 0 Å². The molecule has 104 valence electrons. The van der Waals surface area contributed by atoms with Gasteiger partial charge in [-0.05, 0) is 31.2 Å². The van der Waals surface area contributed by atoms with Crippen molar-refractivity contribution in [2.75, 3.05) is 18.0 Å². The molecule has 0 aliphatic carbocycles. The third-order valence-electron chi connectivity index (χ3n) is 4.33. The summed E-state index contributed by atoms with van der Waals surface area (Å²) >= 11 is 0. The van der Waals surface area contributed by atoms with Gasteiger partial charge >= 0.3 is 0 Å². The first kappa shape index (κ1) is 13.1. The molecule has 0 spiro atoms. The summed E-state index contributed by atoms with van der Waals surface area (Å²) in [5, 5.41) is 0. The predicted molar refractivity (Wildman–Crippen MR) is 82.1 cm³/mol. The minimum Gasteiger partial charge on any atom is -0.368 e. The van der Waals surface area contributed by atoms with Gasteiger partial charge < -0.3 is 4.90 Å². The molecular formula is C17H19NO2. The molecule has 0 amide bonds. The second-order valence-electron chi connectivity index (χ2n) is 5.92. The Balaban J connectivity index is 1.97. The fourth-order valence-corrected chi connectivity index (χ4v) is 2.90. The lowest BCUT2D eigenvalue weighted by molar-refractivity contribution is 0.437. The second-order valence-corrected chi connectivity index (χ2v) is 5.92. The van der Waals surface area contributed by atoms with Gasteiger partial charge in [0.05, 0.1) is 5.56 Å². The molecule has 0 radical (unpaired) electrons. The molecule has 1 fully saturated rings. The highest BCUT2D eigenvalue weighted by molar-refractivity contribution is 5.82. The molecule has 3 nitrogen and oxygen atoms in total. The second kappa shape index (κ2) is 4.89. The van der Waals surface area contributed by atoms with Gasteiger partial charge in [0, 0.05) is 13.1 Å². The van der Waals surface area contributed by atoms with Crippen LogP contribution < -0.4 is 15.8 Å². The number of aryl methyl sites for hydroxylation is 1. The summed E-state index contributed by atoms with van der Waals surface area (Å²) in [6, 6.07) is 7.83. The van der Waals surface area contributed by atoms with Crippen molar-refractivity contribution in [3.8, 4) is 11.1 Å². The van der Waals surface area contributed by atoms with E-state index in [9.17, 15) is 9.59 Å². The molecule has 2 aromatic carbocycles. The maximum atomic E-state index is 11.9. The number of anilines is 1. The lowest BCUT2D eigenvalue weighted by atomic mass is 9.93. The zero-order valence-electron chi connectivity index (χ0n) is 12.0. The molecule has 1 saturated heterocycles. The van der Waals surface area contributed by atoms with Crippen LogP contribution in [0.15, 0.2) is 33.9 Å². The summed E-state index contributed by atoms with van der Waals surface area (Å²) in [5.74, 6) is 0.709.